The normalized spacial score (nSPS) is 28.8. The molecule has 0 amide bonds. The number of benzene rings is 2. The molecule has 0 spiro atoms. The zero-order valence-corrected chi connectivity index (χ0v) is 13.9. The van der Waals surface area contributed by atoms with Gasteiger partial charge < -0.3 is 9.84 Å². The minimum atomic E-state index is -0.237. The molecule has 1 saturated carbocycles. The van der Waals surface area contributed by atoms with Crippen molar-refractivity contribution in [3.05, 3.63) is 59.2 Å². The third kappa shape index (κ3) is 2.15. The molecule has 23 heavy (non-hydrogen) atoms. The van der Waals surface area contributed by atoms with Gasteiger partial charge in [0.25, 0.3) is 0 Å². The average molecular weight is 308 g/mol. The van der Waals surface area contributed by atoms with Gasteiger partial charge in [0.15, 0.2) is 0 Å². The van der Waals surface area contributed by atoms with E-state index < -0.39 is 0 Å². The van der Waals surface area contributed by atoms with Gasteiger partial charge in [-0.05, 0) is 55.9 Å². The molecule has 3 atom stereocenters. The van der Waals surface area contributed by atoms with Crippen LogP contribution in [-0.2, 0) is 5.60 Å². The van der Waals surface area contributed by atoms with Crippen molar-refractivity contribution in [2.75, 3.05) is 0 Å². The van der Waals surface area contributed by atoms with Crippen LogP contribution in [0.4, 0.5) is 0 Å². The van der Waals surface area contributed by atoms with Crippen LogP contribution in [-0.4, -0.2) is 5.11 Å². The first kappa shape index (κ1) is 14.6. The van der Waals surface area contributed by atoms with Gasteiger partial charge in [0.05, 0.1) is 0 Å². The summed E-state index contributed by atoms with van der Waals surface area (Å²) in [6, 6.07) is 14.4. The van der Waals surface area contributed by atoms with E-state index in [-0.39, 0.29) is 5.60 Å². The Hall–Kier alpha value is -1.96. The molecule has 1 fully saturated rings. The summed E-state index contributed by atoms with van der Waals surface area (Å²) in [5.41, 5.74) is 3.53. The zero-order valence-electron chi connectivity index (χ0n) is 13.9. The molecular formula is C21H24O2. The van der Waals surface area contributed by atoms with Crippen molar-refractivity contribution in [2.45, 2.75) is 51.0 Å². The topological polar surface area (TPSA) is 29.5 Å². The number of aromatic hydroxyl groups is 1. The molecule has 2 nitrogen and oxygen atoms in total. The van der Waals surface area contributed by atoms with Crippen LogP contribution in [0.3, 0.4) is 0 Å². The van der Waals surface area contributed by atoms with Gasteiger partial charge in [-0.25, -0.2) is 0 Å². The maximum absolute atomic E-state index is 9.89. The summed E-state index contributed by atoms with van der Waals surface area (Å²) < 4.78 is 6.65. The van der Waals surface area contributed by atoms with Crippen molar-refractivity contribution in [1.29, 1.82) is 0 Å². The number of aryl methyl sites for hydroxylation is 1. The Labute approximate surface area is 138 Å². The molecule has 2 heteroatoms. The van der Waals surface area contributed by atoms with E-state index >= 15 is 0 Å². The number of hydrogen-bond acceptors (Lipinski definition) is 2. The Balaban J connectivity index is 1.87. The lowest BCUT2D eigenvalue weighted by atomic mass is 9.70. The Bertz CT molecular complexity index is 719. The zero-order chi connectivity index (χ0) is 16.0. The molecule has 0 aromatic heterocycles. The molecule has 2 aliphatic rings. The van der Waals surface area contributed by atoms with Crippen LogP contribution in [0, 0.1) is 12.8 Å². The molecule has 0 radical (unpaired) electrons. The highest BCUT2D eigenvalue weighted by atomic mass is 16.5. The minimum Gasteiger partial charge on any atom is -0.508 e. The molecule has 120 valence electrons. The molecule has 0 unspecified atom stereocenters. The largest absolute Gasteiger partial charge is 0.508 e. The number of phenolic OH excluding ortho intramolecular Hbond substituents is 1. The lowest BCUT2D eigenvalue weighted by molar-refractivity contribution is -0.0227. The Kier molecular flexibility index (Phi) is 3.37. The van der Waals surface area contributed by atoms with E-state index in [2.05, 4.69) is 38.1 Å². The first-order chi connectivity index (χ1) is 11.1. The smallest absolute Gasteiger partial charge is 0.137 e. The van der Waals surface area contributed by atoms with Gasteiger partial charge in [0.1, 0.15) is 17.1 Å². The van der Waals surface area contributed by atoms with Gasteiger partial charge in [0.2, 0.25) is 0 Å². The Morgan fingerprint density at radius 3 is 2.65 bits per heavy atom. The average Bonchev–Trinajstić information content (AvgIpc) is 3.06. The van der Waals surface area contributed by atoms with Crippen LogP contribution in [0.25, 0.3) is 0 Å². The van der Waals surface area contributed by atoms with Crippen molar-refractivity contribution >= 4 is 0 Å². The molecular weight excluding hydrogens is 284 g/mol. The van der Waals surface area contributed by atoms with Crippen molar-refractivity contribution in [2.24, 2.45) is 5.92 Å². The van der Waals surface area contributed by atoms with Crippen LogP contribution in [0.2, 0.25) is 0 Å². The van der Waals surface area contributed by atoms with Crippen molar-refractivity contribution in [3.8, 4) is 11.5 Å². The van der Waals surface area contributed by atoms with Gasteiger partial charge in [0, 0.05) is 11.5 Å². The van der Waals surface area contributed by atoms with E-state index in [1.54, 1.807) is 6.07 Å². The third-order valence-electron chi connectivity index (χ3n) is 5.87. The standard InChI is InChI=1S/C21H24O2/c1-3-21(15-9-7-14(2)8-10-15)19-6-4-5-17(19)18-13-16(22)11-12-20(18)23-21/h7-13,17,19,22H,3-6H2,1-2H3/t17-,19-,21+/m0/s1. The second kappa shape index (κ2) is 5.30. The number of hydrogen-bond donors (Lipinski definition) is 1. The number of ether oxygens (including phenoxy) is 1. The van der Waals surface area contributed by atoms with Gasteiger partial charge >= 0.3 is 0 Å². The lowest BCUT2D eigenvalue weighted by Crippen LogP contribution is -2.44. The summed E-state index contributed by atoms with van der Waals surface area (Å²) in [6.45, 7) is 4.36. The highest BCUT2D eigenvalue weighted by molar-refractivity contribution is 5.47. The number of phenols is 1. The fourth-order valence-electron chi connectivity index (χ4n) is 4.73. The van der Waals surface area contributed by atoms with Crippen molar-refractivity contribution in [1.82, 2.24) is 0 Å². The molecule has 1 heterocycles. The van der Waals surface area contributed by atoms with Crippen LogP contribution in [0.1, 0.15) is 55.2 Å². The molecule has 1 N–H and O–H groups in total. The summed E-state index contributed by atoms with van der Waals surface area (Å²) in [4.78, 5) is 0. The van der Waals surface area contributed by atoms with Crippen molar-refractivity contribution < 1.29 is 9.84 Å². The molecule has 0 saturated heterocycles. The summed E-state index contributed by atoms with van der Waals surface area (Å²) in [5.74, 6) is 2.28. The van der Waals surface area contributed by atoms with Gasteiger partial charge in [-0.1, -0.05) is 43.2 Å². The molecule has 4 rings (SSSR count). The maximum atomic E-state index is 9.89. The molecule has 0 bridgehead atoms. The first-order valence-corrected chi connectivity index (χ1v) is 8.73. The van der Waals surface area contributed by atoms with Crippen LogP contribution in [0.15, 0.2) is 42.5 Å². The number of rotatable bonds is 2. The summed E-state index contributed by atoms with van der Waals surface area (Å²) in [7, 11) is 0. The predicted molar refractivity (Wildman–Crippen MR) is 92.0 cm³/mol. The Morgan fingerprint density at radius 1 is 1.13 bits per heavy atom. The van der Waals surface area contributed by atoms with Crippen molar-refractivity contribution in [3.63, 3.8) is 0 Å². The SMILES string of the molecule is CC[C@]1(c2ccc(C)cc2)Oc2ccc(O)cc2[C@@H]2CCC[C@@H]21. The molecule has 1 aliphatic heterocycles. The van der Waals surface area contributed by atoms with Crippen LogP contribution in [0.5, 0.6) is 11.5 Å². The second-order valence-corrected chi connectivity index (χ2v) is 7.08. The van der Waals surface area contributed by atoms with E-state index in [4.69, 9.17) is 4.74 Å². The second-order valence-electron chi connectivity index (χ2n) is 7.08. The fourth-order valence-corrected chi connectivity index (χ4v) is 4.73. The summed E-state index contributed by atoms with van der Waals surface area (Å²) in [5, 5.41) is 9.89. The van der Waals surface area contributed by atoms with E-state index in [0.717, 1.165) is 12.2 Å². The molecule has 2 aromatic carbocycles. The van der Waals surface area contributed by atoms with Gasteiger partial charge in [-0.2, -0.15) is 0 Å². The highest BCUT2D eigenvalue weighted by Gasteiger charge is 2.51. The predicted octanol–water partition coefficient (Wildman–Crippen LogP) is 5.28. The third-order valence-corrected chi connectivity index (χ3v) is 5.87. The van der Waals surface area contributed by atoms with Crippen LogP contribution < -0.4 is 4.74 Å². The van der Waals surface area contributed by atoms with E-state index in [0.29, 0.717) is 17.6 Å². The minimum absolute atomic E-state index is 0.237. The van der Waals surface area contributed by atoms with Gasteiger partial charge in [-0.15, -0.1) is 0 Å². The van der Waals surface area contributed by atoms with E-state index in [1.165, 1.54) is 36.0 Å². The number of fused-ring (bicyclic) bond motifs is 3. The lowest BCUT2D eigenvalue weighted by Gasteiger charge is -2.46. The summed E-state index contributed by atoms with van der Waals surface area (Å²) in [6.07, 6.45) is 4.60. The van der Waals surface area contributed by atoms with E-state index in [9.17, 15) is 5.11 Å². The first-order valence-electron chi connectivity index (χ1n) is 8.73. The maximum Gasteiger partial charge on any atom is 0.137 e. The molecule has 2 aromatic rings. The summed E-state index contributed by atoms with van der Waals surface area (Å²) >= 11 is 0. The fraction of sp³-hybridized carbons (Fsp3) is 0.429. The van der Waals surface area contributed by atoms with E-state index in [1.807, 2.05) is 12.1 Å². The van der Waals surface area contributed by atoms with Gasteiger partial charge in [-0.3, -0.25) is 0 Å². The quantitative estimate of drug-likeness (QED) is 0.817. The van der Waals surface area contributed by atoms with Crippen LogP contribution >= 0.6 is 0 Å². The highest BCUT2D eigenvalue weighted by Crippen LogP contribution is 2.58. The Morgan fingerprint density at radius 2 is 1.91 bits per heavy atom. The monoisotopic (exact) mass is 308 g/mol. The molecule has 1 aliphatic carbocycles.